The number of aryl methyl sites for hydroxylation is 1. The van der Waals surface area contributed by atoms with Crippen LogP contribution in [0, 0.1) is 0 Å². The number of primary amides is 1. The molecule has 0 heterocycles. The van der Waals surface area contributed by atoms with Crippen molar-refractivity contribution in [3.63, 3.8) is 0 Å². The Hall–Kier alpha value is -1.35. The van der Waals surface area contributed by atoms with Crippen LogP contribution in [-0.2, 0) is 16.8 Å². The summed E-state index contributed by atoms with van der Waals surface area (Å²) in [7, 11) is 0. The number of carbonyl (C=O) groups excluding carboxylic acids is 1. The number of nitrogens with two attached hydrogens (primary N) is 1. The standard InChI is InChI=1S/C16H22N2O/c17-15(19)16(18-13-7-2-1-3-8-13)11-10-12-6-4-5-9-14(12)16/h4-6,9,13,18H,1-3,7-8,10-11H2,(H2,17,19). The number of amides is 1. The van der Waals surface area contributed by atoms with E-state index in [4.69, 9.17) is 5.73 Å². The minimum atomic E-state index is -0.626. The highest BCUT2D eigenvalue weighted by molar-refractivity contribution is 5.87. The van der Waals surface area contributed by atoms with Crippen molar-refractivity contribution in [3.8, 4) is 0 Å². The molecule has 1 fully saturated rings. The van der Waals surface area contributed by atoms with Gasteiger partial charge in [-0.05, 0) is 36.8 Å². The van der Waals surface area contributed by atoms with Crippen LogP contribution < -0.4 is 11.1 Å². The van der Waals surface area contributed by atoms with E-state index in [1.54, 1.807) is 0 Å². The van der Waals surface area contributed by atoms with Crippen LogP contribution in [0.25, 0.3) is 0 Å². The SMILES string of the molecule is NC(=O)C1(NC2CCCCC2)CCc2ccccc21. The molecule has 1 unspecified atom stereocenters. The van der Waals surface area contributed by atoms with Crippen LogP contribution in [0.1, 0.15) is 49.7 Å². The molecule has 0 radical (unpaired) electrons. The fourth-order valence-corrected chi connectivity index (χ4v) is 3.68. The van der Waals surface area contributed by atoms with Crippen LogP contribution in [-0.4, -0.2) is 11.9 Å². The third-order valence-electron chi connectivity index (χ3n) is 4.72. The van der Waals surface area contributed by atoms with Crippen LogP contribution >= 0.6 is 0 Å². The molecule has 3 heteroatoms. The molecule has 3 N–H and O–H groups in total. The molecule has 0 bridgehead atoms. The van der Waals surface area contributed by atoms with Gasteiger partial charge in [0.2, 0.25) is 5.91 Å². The summed E-state index contributed by atoms with van der Waals surface area (Å²) < 4.78 is 0. The van der Waals surface area contributed by atoms with Crippen molar-refractivity contribution in [2.75, 3.05) is 0 Å². The van der Waals surface area contributed by atoms with Crippen LogP contribution in [0.4, 0.5) is 0 Å². The Morgan fingerprint density at radius 2 is 1.95 bits per heavy atom. The van der Waals surface area contributed by atoms with Gasteiger partial charge in [0.1, 0.15) is 5.54 Å². The van der Waals surface area contributed by atoms with Gasteiger partial charge in [0.25, 0.3) is 0 Å². The summed E-state index contributed by atoms with van der Waals surface area (Å²) in [5.41, 5.74) is 7.51. The zero-order chi connectivity index (χ0) is 13.3. The maximum Gasteiger partial charge on any atom is 0.242 e. The quantitative estimate of drug-likeness (QED) is 0.873. The predicted octanol–water partition coefficient (Wildman–Crippen LogP) is 2.24. The highest BCUT2D eigenvalue weighted by atomic mass is 16.1. The molecular formula is C16H22N2O. The summed E-state index contributed by atoms with van der Waals surface area (Å²) in [4.78, 5) is 12.1. The number of carbonyl (C=O) groups is 1. The summed E-state index contributed by atoms with van der Waals surface area (Å²) in [5, 5.41) is 3.61. The van der Waals surface area contributed by atoms with E-state index in [0.717, 1.165) is 31.2 Å². The van der Waals surface area contributed by atoms with Crippen molar-refractivity contribution >= 4 is 5.91 Å². The highest BCUT2D eigenvalue weighted by Crippen LogP contribution is 2.38. The van der Waals surface area contributed by atoms with Gasteiger partial charge < -0.3 is 5.73 Å². The molecule has 2 aliphatic carbocycles. The van der Waals surface area contributed by atoms with Crippen molar-refractivity contribution in [3.05, 3.63) is 35.4 Å². The van der Waals surface area contributed by atoms with E-state index >= 15 is 0 Å². The molecule has 1 aromatic carbocycles. The molecule has 0 aliphatic heterocycles. The van der Waals surface area contributed by atoms with Crippen LogP contribution in [0.2, 0.25) is 0 Å². The maximum atomic E-state index is 12.1. The van der Waals surface area contributed by atoms with E-state index in [0.29, 0.717) is 6.04 Å². The molecule has 1 amide bonds. The fraction of sp³-hybridized carbons (Fsp3) is 0.562. The van der Waals surface area contributed by atoms with Crippen molar-refractivity contribution in [1.82, 2.24) is 5.32 Å². The van der Waals surface area contributed by atoms with Gasteiger partial charge in [0.05, 0.1) is 0 Å². The Morgan fingerprint density at radius 3 is 2.68 bits per heavy atom. The summed E-state index contributed by atoms with van der Waals surface area (Å²) in [6.07, 6.45) is 7.91. The molecule has 3 nitrogen and oxygen atoms in total. The second-order valence-electron chi connectivity index (χ2n) is 5.91. The van der Waals surface area contributed by atoms with E-state index in [1.165, 1.54) is 24.8 Å². The van der Waals surface area contributed by atoms with Gasteiger partial charge in [-0.25, -0.2) is 0 Å². The van der Waals surface area contributed by atoms with E-state index in [-0.39, 0.29) is 5.91 Å². The largest absolute Gasteiger partial charge is 0.368 e. The molecule has 3 rings (SSSR count). The lowest BCUT2D eigenvalue weighted by Gasteiger charge is -2.35. The van der Waals surface area contributed by atoms with Crippen LogP contribution in [0.5, 0.6) is 0 Å². The van der Waals surface area contributed by atoms with E-state index in [9.17, 15) is 4.79 Å². The molecule has 1 aromatic rings. The second kappa shape index (κ2) is 4.97. The van der Waals surface area contributed by atoms with Gasteiger partial charge in [-0.1, -0.05) is 43.5 Å². The molecule has 2 aliphatic rings. The van der Waals surface area contributed by atoms with Crippen LogP contribution in [0.3, 0.4) is 0 Å². The first-order valence-electron chi connectivity index (χ1n) is 7.38. The lowest BCUT2D eigenvalue weighted by molar-refractivity contribution is -0.125. The van der Waals surface area contributed by atoms with E-state index < -0.39 is 5.54 Å². The van der Waals surface area contributed by atoms with Gasteiger partial charge in [0.15, 0.2) is 0 Å². The van der Waals surface area contributed by atoms with Crippen LogP contribution in [0.15, 0.2) is 24.3 Å². The van der Waals surface area contributed by atoms with Gasteiger partial charge >= 0.3 is 0 Å². The Labute approximate surface area is 114 Å². The molecule has 19 heavy (non-hydrogen) atoms. The summed E-state index contributed by atoms with van der Waals surface area (Å²) in [5.74, 6) is -0.219. The Kier molecular flexibility index (Phi) is 3.31. The molecule has 1 saturated carbocycles. The first-order valence-corrected chi connectivity index (χ1v) is 7.38. The lowest BCUT2D eigenvalue weighted by Crippen LogP contribution is -2.55. The molecule has 0 aromatic heterocycles. The summed E-state index contributed by atoms with van der Waals surface area (Å²) in [6, 6.07) is 8.65. The zero-order valence-corrected chi connectivity index (χ0v) is 11.3. The molecule has 1 atom stereocenters. The van der Waals surface area contributed by atoms with Crippen molar-refractivity contribution in [2.45, 2.75) is 56.5 Å². The normalized spacial score (nSPS) is 27.2. The third-order valence-corrected chi connectivity index (χ3v) is 4.72. The van der Waals surface area contributed by atoms with E-state index in [1.807, 2.05) is 12.1 Å². The van der Waals surface area contributed by atoms with Crippen molar-refractivity contribution in [2.24, 2.45) is 5.73 Å². The number of fused-ring (bicyclic) bond motifs is 1. The third kappa shape index (κ3) is 2.16. The van der Waals surface area contributed by atoms with Crippen molar-refractivity contribution < 1.29 is 4.79 Å². The summed E-state index contributed by atoms with van der Waals surface area (Å²) >= 11 is 0. The molecule has 0 saturated heterocycles. The van der Waals surface area contributed by atoms with Crippen molar-refractivity contribution in [1.29, 1.82) is 0 Å². The monoisotopic (exact) mass is 258 g/mol. The topological polar surface area (TPSA) is 55.1 Å². The van der Waals surface area contributed by atoms with Gasteiger partial charge in [-0.15, -0.1) is 0 Å². The first-order chi connectivity index (χ1) is 9.22. The predicted molar refractivity (Wildman–Crippen MR) is 75.6 cm³/mol. The molecular weight excluding hydrogens is 236 g/mol. The van der Waals surface area contributed by atoms with Gasteiger partial charge in [-0.3, -0.25) is 10.1 Å². The average Bonchev–Trinajstić information content (AvgIpc) is 2.81. The first kappa shape index (κ1) is 12.7. The number of nitrogens with one attached hydrogen (secondary N) is 1. The average molecular weight is 258 g/mol. The fourth-order valence-electron chi connectivity index (χ4n) is 3.68. The van der Waals surface area contributed by atoms with Gasteiger partial charge in [0, 0.05) is 6.04 Å². The number of benzene rings is 1. The Bertz CT molecular complexity index is 479. The maximum absolute atomic E-state index is 12.1. The number of rotatable bonds is 3. The lowest BCUT2D eigenvalue weighted by atomic mass is 9.86. The second-order valence-corrected chi connectivity index (χ2v) is 5.91. The smallest absolute Gasteiger partial charge is 0.242 e. The van der Waals surface area contributed by atoms with E-state index in [2.05, 4.69) is 17.4 Å². The minimum Gasteiger partial charge on any atom is -0.368 e. The Balaban J connectivity index is 1.90. The minimum absolute atomic E-state index is 0.219. The highest BCUT2D eigenvalue weighted by Gasteiger charge is 2.44. The zero-order valence-electron chi connectivity index (χ0n) is 11.3. The van der Waals surface area contributed by atoms with Gasteiger partial charge in [-0.2, -0.15) is 0 Å². The summed E-state index contributed by atoms with van der Waals surface area (Å²) in [6.45, 7) is 0. The molecule has 0 spiro atoms. The number of hydrogen-bond donors (Lipinski definition) is 2. The Morgan fingerprint density at radius 1 is 1.21 bits per heavy atom. The number of hydrogen-bond acceptors (Lipinski definition) is 2. The molecule has 102 valence electrons.